The zero-order chi connectivity index (χ0) is 27.1. The standard InChI is InChI=1S/C37H21N3O/c38-22-23-13-16-29-28-9-3-6-12-34(28)40(35(29)19-23)25-15-18-37-31(21-25)30-20-24(14-17-36(30)41-37)39-32-10-4-1-7-26(32)27-8-2-5-11-33(27)39/h1-21H. The van der Waals surface area contributed by atoms with Crippen LogP contribution in [0, 0.1) is 11.3 Å². The molecule has 0 radical (unpaired) electrons. The summed E-state index contributed by atoms with van der Waals surface area (Å²) in [6.45, 7) is 0. The summed E-state index contributed by atoms with van der Waals surface area (Å²) in [7, 11) is 0. The molecule has 0 unspecified atom stereocenters. The quantitative estimate of drug-likeness (QED) is 0.226. The lowest BCUT2D eigenvalue weighted by Gasteiger charge is -2.09. The fourth-order valence-corrected chi connectivity index (χ4v) is 6.55. The van der Waals surface area contributed by atoms with E-state index in [4.69, 9.17) is 4.42 Å². The van der Waals surface area contributed by atoms with E-state index in [1.165, 1.54) is 21.8 Å². The number of rotatable bonds is 2. The Morgan fingerprint density at radius 2 is 0.902 bits per heavy atom. The highest BCUT2D eigenvalue weighted by Gasteiger charge is 2.17. The number of para-hydroxylation sites is 3. The van der Waals surface area contributed by atoms with E-state index in [2.05, 4.69) is 130 Å². The predicted octanol–water partition coefficient (Wildman–Crippen LogP) is 9.65. The van der Waals surface area contributed by atoms with E-state index < -0.39 is 0 Å². The summed E-state index contributed by atoms with van der Waals surface area (Å²) in [5, 5.41) is 16.5. The minimum Gasteiger partial charge on any atom is -0.456 e. The molecule has 0 spiro atoms. The monoisotopic (exact) mass is 523 g/mol. The van der Waals surface area contributed by atoms with Crippen LogP contribution in [-0.4, -0.2) is 9.13 Å². The molecular formula is C37H21N3O. The minimum absolute atomic E-state index is 0.646. The molecule has 4 heteroatoms. The highest BCUT2D eigenvalue weighted by atomic mass is 16.3. The van der Waals surface area contributed by atoms with E-state index in [1.54, 1.807) is 0 Å². The van der Waals surface area contributed by atoms with Crippen LogP contribution in [0.2, 0.25) is 0 Å². The van der Waals surface area contributed by atoms with Gasteiger partial charge in [-0.15, -0.1) is 0 Å². The first-order valence-corrected chi connectivity index (χ1v) is 13.7. The topological polar surface area (TPSA) is 46.8 Å². The molecule has 0 N–H and O–H groups in total. The summed E-state index contributed by atoms with van der Waals surface area (Å²) >= 11 is 0. The van der Waals surface area contributed by atoms with Crippen molar-refractivity contribution in [3.05, 3.63) is 133 Å². The average molecular weight is 524 g/mol. The van der Waals surface area contributed by atoms with Crippen molar-refractivity contribution < 1.29 is 4.42 Å². The lowest BCUT2D eigenvalue weighted by molar-refractivity contribution is 0.669. The van der Waals surface area contributed by atoms with E-state index in [-0.39, 0.29) is 0 Å². The molecule has 41 heavy (non-hydrogen) atoms. The molecule has 0 aliphatic rings. The van der Waals surface area contributed by atoms with Crippen LogP contribution < -0.4 is 0 Å². The van der Waals surface area contributed by atoms with E-state index in [0.717, 1.165) is 55.1 Å². The Labute approximate surface area is 234 Å². The van der Waals surface area contributed by atoms with Gasteiger partial charge in [-0.1, -0.05) is 60.7 Å². The first-order valence-electron chi connectivity index (χ1n) is 13.7. The van der Waals surface area contributed by atoms with Crippen molar-refractivity contribution in [2.24, 2.45) is 0 Å². The molecule has 3 heterocycles. The molecule has 0 saturated heterocycles. The smallest absolute Gasteiger partial charge is 0.135 e. The third kappa shape index (κ3) is 3.03. The average Bonchev–Trinajstić information content (AvgIpc) is 3.67. The number of benzene rings is 6. The van der Waals surface area contributed by atoms with Gasteiger partial charge < -0.3 is 13.6 Å². The van der Waals surface area contributed by atoms with Gasteiger partial charge in [0.05, 0.1) is 33.7 Å². The fourth-order valence-electron chi connectivity index (χ4n) is 6.55. The highest BCUT2D eigenvalue weighted by molar-refractivity contribution is 6.12. The lowest BCUT2D eigenvalue weighted by Crippen LogP contribution is -1.94. The third-order valence-electron chi connectivity index (χ3n) is 8.34. The molecule has 0 fully saturated rings. The second-order valence-corrected chi connectivity index (χ2v) is 10.5. The Hall–Kier alpha value is -5.79. The molecule has 0 bridgehead atoms. The van der Waals surface area contributed by atoms with Crippen LogP contribution in [0.4, 0.5) is 0 Å². The van der Waals surface area contributed by atoms with Crippen LogP contribution >= 0.6 is 0 Å². The van der Waals surface area contributed by atoms with Gasteiger partial charge in [0.2, 0.25) is 0 Å². The molecule has 0 saturated carbocycles. The fraction of sp³-hybridized carbons (Fsp3) is 0. The number of furan rings is 1. The molecular weight excluding hydrogens is 502 g/mol. The van der Waals surface area contributed by atoms with Crippen LogP contribution in [0.15, 0.2) is 132 Å². The van der Waals surface area contributed by atoms with Crippen LogP contribution in [0.1, 0.15) is 5.56 Å². The largest absolute Gasteiger partial charge is 0.456 e. The number of aromatic nitrogens is 2. The number of hydrogen-bond donors (Lipinski definition) is 0. The molecule has 190 valence electrons. The zero-order valence-corrected chi connectivity index (χ0v) is 21.9. The van der Waals surface area contributed by atoms with E-state index in [9.17, 15) is 5.26 Å². The summed E-state index contributed by atoms with van der Waals surface area (Å²) in [5.74, 6) is 0. The molecule has 0 atom stereocenters. The van der Waals surface area contributed by atoms with Gasteiger partial charge in [0.15, 0.2) is 0 Å². The van der Waals surface area contributed by atoms with E-state index >= 15 is 0 Å². The van der Waals surface area contributed by atoms with Crippen LogP contribution in [-0.2, 0) is 0 Å². The van der Waals surface area contributed by atoms with Gasteiger partial charge in [-0.3, -0.25) is 0 Å². The van der Waals surface area contributed by atoms with Gasteiger partial charge in [0.1, 0.15) is 11.2 Å². The lowest BCUT2D eigenvalue weighted by atomic mass is 10.1. The summed E-state index contributed by atoms with van der Waals surface area (Å²) in [6.07, 6.45) is 0. The molecule has 3 aromatic heterocycles. The van der Waals surface area contributed by atoms with Gasteiger partial charge in [-0.05, 0) is 66.7 Å². The van der Waals surface area contributed by atoms with Gasteiger partial charge in [-0.2, -0.15) is 5.26 Å². The van der Waals surface area contributed by atoms with Crippen LogP contribution in [0.5, 0.6) is 0 Å². The van der Waals surface area contributed by atoms with Crippen molar-refractivity contribution in [3.63, 3.8) is 0 Å². The van der Waals surface area contributed by atoms with Crippen LogP contribution in [0.25, 0.3) is 76.9 Å². The molecule has 6 aromatic carbocycles. The second kappa shape index (κ2) is 8.11. The Bertz CT molecular complexity index is 2500. The van der Waals surface area contributed by atoms with Gasteiger partial charge in [-0.25, -0.2) is 0 Å². The summed E-state index contributed by atoms with van der Waals surface area (Å²) < 4.78 is 10.9. The van der Waals surface area contributed by atoms with E-state index in [1.807, 2.05) is 12.1 Å². The Kier molecular flexibility index (Phi) is 4.37. The molecule has 4 nitrogen and oxygen atoms in total. The number of nitrogens with zero attached hydrogens (tertiary/aromatic N) is 3. The summed E-state index contributed by atoms with van der Waals surface area (Å²) in [5.41, 5.74) is 8.96. The highest BCUT2D eigenvalue weighted by Crippen LogP contribution is 2.38. The third-order valence-corrected chi connectivity index (χ3v) is 8.34. The van der Waals surface area contributed by atoms with Gasteiger partial charge in [0, 0.05) is 43.7 Å². The predicted molar refractivity (Wildman–Crippen MR) is 167 cm³/mol. The maximum Gasteiger partial charge on any atom is 0.135 e. The first-order chi connectivity index (χ1) is 20.3. The van der Waals surface area contributed by atoms with Crippen molar-refractivity contribution in [1.82, 2.24) is 9.13 Å². The first kappa shape index (κ1) is 22.1. The summed E-state index contributed by atoms with van der Waals surface area (Å²) in [4.78, 5) is 0. The van der Waals surface area contributed by atoms with Gasteiger partial charge in [0.25, 0.3) is 0 Å². The maximum atomic E-state index is 9.63. The minimum atomic E-state index is 0.646. The normalized spacial score (nSPS) is 11.9. The second-order valence-electron chi connectivity index (χ2n) is 10.5. The van der Waals surface area contributed by atoms with E-state index in [0.29, 0.717) is 5.56 Å². The number of nitriles is 1. The van der Waals surface area contributed by atoms with Crippen molar-refractivity contribution >= 4 is 65.6 Å². The Balaban J connectivity index is 1.32. The summed E-state index contributed by atoms with van der Waals surface area (Å²) in [6, 6.07) is 46.6. The SMILES string of the molecule is N#Cc1ccc2c3ccccc3n(-c3ccc4oc5ccc(-n6c7ccccc7c7ccccc76)cc5c4c3)c2c1. The molecule has 0 amide bonds. The number of fused-ring (bicyclic) bond motifs is 9. The maximum absolute atomic E-state index is 9.63. The van der Waals surface area contributed by atoms with Crippen molar-refractivity contribution in [1.29, 1.82) is 5.26 Å². The van der Waals surface area contributed by atoms with Crippen molar-refractivity contribution in [3.8, 4) is 17.4 Å². The Morgan fingerprint density at radius 3 is 1.41 bits per heavy atom. The van der Waals surface area contributed by atoms with Crippen molar-refractivity contribution in [2.45, 2.75) is 0 Å². The molecule has 0 aliphatic carbocycles. The molecule has 9 aromatic rings. The van der Waals surface area contributed by atoms with Crippen molar-refractivity contribution in [2.75, 3.05) is 0 Å². The Morgan fingerprint density at radius 1 is 0.439 bits per heavy atom. The number of hydrogen-bond acceptors (Lipinski definition) is 2. The zero-order valence-electron chi connectivity index (χ0n) is 21.9. The molecule has 0 aliphatic heterocycles. The van der Waals surface area contributed by atoms with Crippen LogP contribution in [0.3, 0.4) is 0 Å². The van der Waals surface area contributed by atoms with Gasteiger partial charge >= 0.3 is 0 Å². The molecule has 9 rings (SSSR count).